The fourth-order valence-corrected chi connectivity index (χ4v) is 3.93. The van der Waals surface area contributed by atoms with Crippen LogP contribution in [0.5, 0.6) is 0 Å². The number of nitrogens with one attached hydrogen (secondary N) is 1. The maximum atomic E-state index is 6.21. The summed E-state index contributed by atoms with van der Waals surface area (Å²) in [6, 6.07) is 0.701. The van der Waals surface area contributed by atoms with E-state index in [4.69, 9.17) is 4.74 Å². The predicted molar refractivity (Wildman–Crippen MR) is 65.4 cm³/mol. The molecular weight excluding hydrogens is 198 g/mol. The van der Waals surface area contributed by atoms with Crippen molar-refractivity contribution < 1.29 is 4.74 Å². The smallest absolute Gasteiger partial charge is 0.0700 e. The van der Waals surface area contributed by atoms with Gasteiger partial charge in [-0.25, -0.2) is 0 Å². The van der Waals surface area contributed by atoms with Crippen LogP contribution in [0, 0.1) is 11.8 Å². The molecular formula is C14H25NO. The van der Waals surface area contributed by atoms with Gasteiger partial charge in [-0.3, -0.25) is 0 Å². The van der Waals surface area contributed by atoms with E-state index in [2.05, 4.69) is 12.4 Å². The lowest BCUT2D eigenvalue weighted by Crippen LogP contribution is -2.48. The molecule has 0 radical (unpaired) electrons. The maximum absolute atomic E-state index is 6.21. The summed E-state index contributed by atoms with van der Waals surface area (Å²) in [5.74, 6) is 2.06. The largest absolute Gasteiger partial charge is 0.375 e. The minimum atomic E-state index is 0.261. The van der Waals surface area contributed by atoms with Gasteiger partial charge in [0.1, 0.15) is 0 Å². The minimum absolute atomic E-state index is 0.261. The Hall–Kier alpha value is -0.0800. The number of hydrogen-bond donors (Lipinski definition) is 1. The third-order valence-electron chi connectivity index (χ3n) is 5.03. The van der Waals surface area contributed by atoms with Crippen LogP contribution in [0.15, 0.2) is 0 Å². The number of hydrogen-bond acceptors (Lipinski definition) is 2. The normalized spacial score (nSPS) is 44.8. The highest BCUT2D eigenvalue weighted by Gasteiger charge is 2.44. The van der Waals surface area contributed by atoms with E-state index in [0.29, 0.717) is 6.04 Å². The summed E-state index contributed by atoms with van der Waals surface area (Å²) in [7, 11) is 2.10. The van der Waals surface area contributed by atoms with Crippen LogP contribution in [0.3, 0.4) is 0 Å². The Kier molecular flexibility index (Phi) is 2.97. The summed E-state index contributed by atoms with van der Waals surface area (Å²) in [4.78, 5) is 0. The Morgan fingerprint density at radius 1 is 1.06 bits per heavy atom. The van der Waals surface area contributed by atoms with Crippen molar-refractivity contribution in [3.63, 3.8) is 0 Å². The van der Waals surface area contributed by atoms with Gasteiger partial charge in [0.05, 0.1) is 5.60 Å². The Morgan fingerprint density at radius 2 is 1.94 bits per heavy atom. The van der Waals surface area contributed by atoms with Crippen LogP contribution in [-0.2, 0) is 4.74 Å². The molecule has 0 amide bonds. The van der Waals surface area contributed by atoms with Crippen LogP contribution >= 0.6 is 0 Å². The van der Waals surface area contributed by atoms with Gasteiger partial charge in [0.25, 0.3) is 0 Å². The molecule has 16 heavy (non-hydrogen) atoms. The highest BCUT2D eigenvalue weighted by molar-refractivity contribution is 4.97. The van der Waals surface area contributed by atoms with Crippen LogP contribution in [0.2, 0.25) is 0 Å². The second-order valence-electron chi connectivity index (χ2n) is 6.20. The van der Waals surface area contributed by atoms with Gasteiger partial charge < -0.3 is 10.1 Å². The van der Waals surface area contributed by atoms with Gasteiger partial charge in [0.15, 0.2) is 0 Å². The van der Waals surface area contributed by atoms with Crippen LogP contribution < -0.4 is 5.32 Å². The molecule has 0 aromatic carbocycles. The molecule has 1 N–H and O–H groups in total. The Labute approximate surface area is 99.1 Å². The van der Waals surface area contributed by atoms with E-state index in [1.54, 1.807) is 0 Å². The van der Waals surface area contributed by atoms with Crippen LogP contribution in [0.25, 0.3) is 0 Å². The summed E-state index contributed by atoms with van der Waals surface area (Å²) < 4.78 is 6.21. The summed E-state index contributed by atoms with van der Waals surface area (Å²) >= 11 is 0. The molecule has 0 aromatic rings. The Bertz CT molecular complexity index is 247. The second-order valence-corrected chi connectivity index (χ2v) is 6.20. The lowest BCUT2D eigenvalue weighted by molar-refractivity contribution is -0.121. The fraction of sp³-hybridized carbons (Fsp3) is 1.00. The molecule has 2 nitrogen and oxygen atoms in total. The molecule has 3 fully saturated rings. The zero-order valence-electron chi connectivity index (χ0n) is 10.5. The van der Waals surface area contributed by atoms with Crippen molar-refractivity contribution in [1.29, 1.82) is 0 Å². The lowest BCUT2D eigenvalue weighted by atomic mass is 9.72. The molecule has 1 aliphatic heterocycles. The van der Waals surface area contributed by atoms with Gasteiger partial charge in [0, 0.05) is 12.6 Å². The summed E-state index contributed by atoms with van der Waals surface area (Å²) in [6.45, 7) is 0.975. The van der Waals surface area contributed by atoms with Gasteiger partial charge in [-0.2, -0.15) is 0 Å². The average molecular weight is 223 g/mol. The first-order valence-electron chi connectivity index (χ1n) is 7.12. The van der Waals surface area contributed by atoms with Gasteiger partial charge in [0.2, 0.25) is 0 Å². The van der Waals surface area contributed by atoms with Gasteiger partial charge in [-0.1, -0.05) is 6.42 Å². The summed E-state index contributed by atoms with van der Waals surface area (Å²) in [5, 5.41) is 3.46. The van der Waals surface area contributed by atoms with Crippen molar-refractivity contribution in [2.75, 3.05) is 13.7 Å². The van der Waals surface area contributed by atoms with E-state index in [-0.39, 0.29) is 5.60 Å². The quantitative estimate of drug-likeness (QED) is 0.777. The maximum Gasteiger partial charge on any atom is 0.0700 e. The molecule has 2 heteroatoms. The first-order valence-corrected chi connectivity index (χ1v) is 7.12. The van der Waals surface area contributed by atoms with Crippen LogP contribution in [-0.4, -0.2) is 25.3 Å². The lowest BCUT2D eigenvalue weighted by Gasteiger charge is -2.46. The third-order valence-corrected chi connectivity index (χ3v) is 5.03. The van der Waals surface area contributed by atoms with Crippen molar-refractivity contribution in [3.8, 4) is 0 Å². The van der Waals surface area contributed by atoms with E-state index in [1.165, 1.54) is 51.4 Å². The highest BCUT2D eigenvalue weighted by Crippen LogP contribution is 2.49. The highest BCUT2D eigenvalue weighted by atomic mass is 16.5. The third kappa shape index (κ3) is 2.14. The zero-order chi connectivity index (χ0) is 11.0. The number of rotatable bonds is 2. The van der Waals surface area contributed by atoms with E-state index in [0.717, 1.165) is 18.4 Å². The molecule has 1 heterocycles. The molecule has 2 saturated carbocycles. The molecule has 0 aromatic heterocycles. The first kappa shape index (κ1) is 11.0. The van der Waals surface area contributed by atoms with E-state index in [1.807, 2.05) is 0 Å². The Balaban J connectivity index is 1.66. The molecule has 92 valence electrons. The SMILES string of the molecule is CNC1CCOC2(CCCC(C3CC3)C2)C1. The molecule has 3 rings (SSSR count). The average Bonchev–Trinajstić information content (AvgIpc) is 3.13. The van der Waals surface area contributed by atoms with E-state index >= 15 is 0 Å². The molecule has 2 aliphatic carbocycles. The topological polar surface area (TPSA) is 21.3 Å². The monoisotopic (exact) mass is 223 g/mol. The molecule has 3 aliphatic rings. The Morgan fingerprint density at radius 3 is 2.69 bits per heavy atom. The van der Waals surface area contributed by atoms with E-state index in [9.17, 15) is 0 Å². The van der Waals surface area contributed by atoms with Crippen LogP contribution in [0.4, 0.5) is 0 Å². The molecule has 1 saturated heterocycles. The van der Waals surface area contributed by atoms with E-state index < -0.39 is 0 Å². The van der Waals surface area contributed by atoms with Crippen molar-refractivity contribution >= 4 is 0 Å². The van der Waals surface area contributed by atoms with Crippen molar-refractivity contribution in [2.24, 2.45) is 11.8 Å². The summed E-state index contributed by atoms with van der Waals surface area (Å²) in [5.41, 5.74) is 0.261. The second kappa shape index (κ2) is 4.30. The first-order chi connectivity index (χ1) is 7.81. The van der Waals surface area contributed by atoms with Crippen molar-refractivity contribution in [2.45, 2.75) is 63.0 Å². The molecule has 1 spiro atoms. The predicted octanol–water partition coefficient (Wildman–Crippen LogP) is 2.72. The number of ether oxygens (including phenoxy) is 1. The van der Waals surface area contributed by atoms with Crippen molar-refractivity contribution in [1.82, 2.24) is 5.32 Å². The van der Waals surface area contributed by atoms with Gasteiger partial charge in [-0.15, -0.1) is 0 Å². The van der Waals surface area contributed by atoms with Crippen molar-refractivity contribution in [3.05, 3.63) is 0 Å². The zero-order valence-corrected chi connectivity index (χ0v) is 10.5. The molecule has 0 bridgehead atoms. The van der Waals surface area contributed by atoms with Gasteiger partial charge in [-0.05, 0) is 63.8 Å². The van der Waals surface area contributed by atoms with Crippen LogP contribution in [0.1, 0.15) is 51.4 Å². The van der Waals surface area contributed by atoms with Gasteiger partial charge >= 0.3 is 0 Å². The molecule has 3 atom stereocenters. The fourth-order valence-electron chi connectivity index (χ4n) is 3.93. The minimum Gasteiger partial charge on any atom is -0.375 e. The molecule has 3 unspecified atom stereocenters. The standard InChI is InChI=1S/C14H25NO/c1-15-13-6-8-16-14(10-13)7-2-3-12(9-14)11-4-5-11/h11-13,15H,2-10H2,1H3. The summed E-state index contributed by atoms with van der Waals surface area (Å²) in [6.07, 6.45) is 11.0.